The average Bonchev–Trinajstić information content (AvgIpc) is 3.13. The van der Waals surface area contributed by atoms with E-state index in [0.717, 1.165) is 26.1 Å². The summed E-state index contributed by atoms with van der Waals surface area (Å²) in [5.41, 5.74) is 3.44. The number of para-hydroxylation sites is 3. The van der Waals surface area contributed by atoms with Crippen LogP contribution in [0.2, 0.25) is 0 Å². The zero-order chi connectivity index (χ0) is 33.5. The molecule has 6 rings (SSSR count). The molecule has 0 spiro atoms. The Morgan fingerprint density at radius 3 is 2.04 bits per heavy atom. The summed E-state index contributed by atoms with van der Waals surface area (Å²) in [4.78, 5) is 45.6. The molecule has 0 fully saturated rings. The highest BCUT2D eigenvalue weighted by atomic mass is 32.2. The molecule has 1 aliphatic rings. The molecule has 7 nitrogen and oxygen atoms in total. The second-order valence-electron chi connectivity index (χ2n) is 10.8. The van der Waals surface area contributed by atoms with Gasteiger partial charge in [-0.25, -0.2) is 0 Å². The van der Waals surface area contributed by atoms with Crippen LogP contribution in [0.15, 0.2) is 148 Å². The molecule has 0 saturated heterocycles. The van der Waals surface area contributed by atoms with Gasteiger partial charge in [0.2, 0.25) is 5.91 Å². The van der Waals surface area contributed by atoms with Gasteiger partial charge in [-0.3, -0.25) is 19.3 Å². The van der Waals surface area contributed by atoms with Gasteiger partial charge in [0.05, 0.1) is 23.7 Å². The lowest BCUT2D eigenvalue weighted by atomic mass is 10.1. The molecular weight excluding hydrogens is 639 g/mol. The van der Waals surface area contributed by atoms with Crippen molar-refractivity contribution in [1.29, 1.82) is 0 Å². The van der Waals surface area contributed by atoms with Crippen molar-refractivity contribution in [2.75, 3.05) is 17.3 Å². The second kappa shape index (κ2) is 15.1. The van der Waals surface area contributed by atoms with E-state index in [2.05, 4.69) is 10.6 Å². The number of fused-ring (bicyclic) bond motifs is 2. The van der Waals surface area contributed by atoms with E-state index in [1.807, 2.05) is 90.7 Å². The number of ether oxygens (including phenoxy) is 1. The van der Waals surface area contributed by atoms with E-state index < -0.39 is 11.8 Å². The summed E-state index contributed by atoms with van der Waals surface area (Å²) >= 11 is 3.16. The molecule has 0 radical (unpaired) electrons. The molecule has 1 aliphatic heterocycles. The first-order chi connectivity index (χ1) is 23.4. The van der Waals surface area contributed by atoms with Gasteiger partial charge in [-0.05, 0) is 79.2 Å². The summed E-state index contributed by atoms with van der Waals surface area (Å²) in [7, 11) is 1.55. The first-order valence-electron chi connectivity index (χ1n) is 15.4. The fourth-order valence-electron chi connectivity index (χ4n) is 5.26. The van der Waals surface area contributed by atoms with Crippen LogP contribution in [0, 0.1) is 0 Å². The van der Waals surface area contributed by atoms with E-state index in [0.29, 0.717) is 29.0 Å². The van der Waals surface area contributed by atoms with E-state index in [1.54, 1.807) is 73.5 Å². The fourth-order valence-corrected chi connectivity index (χ4v) is 7.31. The molecule has 5 aromatic carbocycles. The Balaban J connectivity index is 1.19. The molecule has 5 aromatic rings. The molecule has 240 valence electrons. The Morgan fingerprint density at radius 2 is 1.40 bits per heavy atom. The van der Waals surface area contributed by atoms with E-state index in [9.17, 15) is 14.4 Å². The standard InChI is InChI=1S/C39H33N3O4S2/c1-3-34(39(45)42-31-16-8-11-19-35(31)48-36-20-12-9-17-32(36)42)47-29-23-21-28(22-24-29)40-38(44)30(25-27-15-7-10-18-33(27)46-2)41-37(43)26-13-5-4-6-14-26/h4-25,34H,3H2,1-2H3,(H,40,44)(H,41,43)/b30-25-. The first kappa shape index (κ1) is 32.7. The molecule has 2 N–H and O–H groups in total. The summed E-state index contributed by atoms with van der Waals surface area (Å²) in [6.07, 6.45) is 2.22. The SMILES string of the molecule is CCC(Sc1ccc(NC(=O)/C(=C/c2ccccc2OC)NC(=O)c2ccccc2)cc1)C(=O)N1c2ccccc2Sc2ccccc21. The summed E-state index contributed by atoms with van der Waals surface area (Å²) in [5, 5.41) is 5.33. The lowest BCUT2D eigenvalue weighted by Crippen LogP contribution is -2.35. The first-order valence-corrected chi connectivity index (χ1v) is 17.1. The van der Waals surface area contributed by atoms with Crippen LogP contribution in [0.3, 0.4) is 0 Å². The van der Waals surface area contributed by atoms with E-state index in [1.165, 1.54) is 11.8 Å². The van der Waals surface area contributed by atoms with Crippen molar-refractivity contribution in [2.45, 2.75) is 33.3 Å². The van der Waals surface area contributed by atoms with Gasteiger partial charge in [0.1, 0.15) is 11.4 Å². The van der Waals surface area contributed by atoms with Crippen molar-refractivity contribution in [3.63, 3.8) is 0 Å². The minimum absolute atomic E-state index is 0.0142. The van der Waals surface area contributed by atoms with Crippen molar-refractivity contribution in [1.82, 2.24) is 5.32 Å². The summed E-state index contributed by atoms with van der Waals surface area (Å²) in [5.74, 6) is -0.326. The maximum atomic E-state index is 14.1. The number of methoxy groups -OCH3 is 1. The van der Waals surface area contributed by atoms with Crippen LogP contribution >= 0.6 is 23.5 Å². The second-order valence-corrected chi connectivity index (χ2v) is 13.2. The van der Waals surface area contributed by atoms with Crippen LogP contribution < -0.4 is 20.3 Å². The lowest BCUT2D eigenvalue weighted by molar-refractivity contribution is -0.117. The number of carbonyl (C=O) groups is 3. The van der Waals surface area contributed by atoms with Crippen LogP contribution in [0.1, 0.15) is 29.3 Å². The van der Waals surface area contributed by atoms with Gasteiger partial charge >= 0.3 is 0 Å². The third-order valence-corrected chi connectivity index (χ3v) is 10.2. The molecular formula is C39H33N3O4S2. The van der Waals surface area contributed by atoms with Gasteiger partial charge in [-0.2, -0.15) is 0 Å². The van der Waals surface area contributed by atoms with E-state index >= 15 is 0 Å². The number of nitrogens with one attached hydrogen (secondary N) is 2. The molecule has 48 heavy (non-hydrogen) atoms. The predicted octanol–water partition coefficient (Wildman–Crippen LogP) is 8.80. The van der Waals surface area contributed by atoms with Crippen LogP contribution in [0.4, 0.5) is 17.1 Å². The summed E-state index contributed by atoms with van der Waals surface area (Å²) < 4.78 is 5.46. The topological polar surface area (TPSA) is 87.7 Å². The molecule has 3 amide bonds. The zero-order valence-corrected chi connectivity index (χ0v) is 28.0. The normalized spacial score (nSPS) is 12.7. The minimum atomic E-state index is -0.493. The van der Waals surface area contributed by atoms with E-state index in [4.69, 9.17) is 4.74 Å². The Kier molecular flexibility index (Phi) is 10.3. The van der Waals surface area contributed by atoms with Crippen LogP contribution in [0.25, 0.3) is 6.08 Å². The molecule has 1 unspecified atom stereocenters. The number of hydrogen-bond acceptors (Lipinski definition) is 6. The number of nitrogens with zero attached hydrogens (tertiary/aromatic N) is 1. The molecule has 1 heterocycles. The van der Waals surface area contributed by atoms with Gasteiger partial charge < -0.3 is 15.4 Å². The quantitative estimate of drug-likeness (QED) is 0.114. The maximum Gasteiger partial charge on any atom is 0.272 e. The molecule has 0 aromatic heterocycles. The van der Waals surface area contributed by atoms with Gasteiger partial charge in [-0.1, -0.05) is 79.3 Å². The predicted molar refractivity (Wildman–Crippen MR) is 194 cm³/mol. The number of hydrogen-bond donors (Lipinski definition) is 2. The number of rotatable bonds is 10. The summed E-state index contributed by atoms with van der Waals surface area (Å²) in [6.45, 7) is 2.01. The molecule has 1 atom stereocenters. The van der Waals surface area contributed by atoms with Crippen molar-refractivity contribution in [3.05, 3.63) is 144 Å². The molecule has 9 heteroatoms. The monoisotopic (exact) mass is 671 g/mol. The Morgan fingerprint density at radius 1 is 0.792 bits per heavy atom. The van der Waals surface area contributed by atoms with Crippen LogP contribution in [-0.4, -0.2) is 30.1 Å². The smallest absolute Gasteiger partial charge is 0.272 e. The van der Waals surface area contributed by atoms with Crippen molar-refractivity contribution < 1.29 is 19.1 Å². The number of carbonyl (C=O) groups excluding carboxylic acids is 3. The average molecular weight is 672 g/mol. The van der Waals surface area contributed by atoms with Crippen LogP contribution in [0.5, 0.6) is 5.75 Å². The van der Waals surface area contributed by atoms with Crippen molar-refractivity contribution in [2.24, 2.45) is 0 Å². The largest absolute Gasteiger partial charge is 0.496 e. The third kappa shape index (κ3) is 7.33. The van der Waals surface area contributed by atoms with Gasteiger partial charge in [0.15, 0.2) is 0 Å². The number of amides is 3. The summed E-state index contributed by atoms with van der Waals surface area (Å²) in [6, 6.07) is 39.3. The lowest BCUT2D eigenvalue weighted by Gasteiger charge is -2.33. The molecule has 0 aliphatic carbocycles. The van der Waals surface area contributed by atoms with Crippen molar-refractivity contribution >= 4 is 64.4 Å². The van der Waals surface area contributed by atoms with Gasteiger partial charge in [0, 0.05) is 31.5 Å². The number of thioether (sulfide) groups is 1. The van der Waals surface area contributed by atoms with Gasteiger partial charge in [-0.15, -0.1) is 11.8 Å². The number of benzene rings is 5. The Bertz CT molecular complexity index is 1930. The minimum Gasteiger partial charge on any atom is -0.496 e. The Labute approximate surface area is 288 Å². The maximum absolute atomic E-state index is 14.1. The molecule has 0 bridgehead atoms. The fraction of sp³-hybridized carbons (Fsp3) is 0.103. The number of anilines is 3. The third-order valence-electron chi connectivity index (χ3n) is 7.66. The highest BCUT2D eigenvalue weighted by Crippen LogP contribution is 2.48. The van der Waals surface area contributed by atoms with E-state index in [-0.39, 0.29) is 16.9 Å². The molecule has 0 saturated carbocycles. The Hall–Kier alpha value is -5.25. The highest BCUT2D eigenvalue weighted by Gasteiger charge is 2.32. The van der Waals surface area contributed by atoms with Crippen molar-refractivity contribution in [3.8, 4) is 5.75 Å². The van der Waals surface area contributed by atoms with Crippen LogP contribution in [-0.2, 0) is 9.59 Å². The van der Waals surface area contributed by atoms with Gasteiger partial charge in [0.25, 0.3) is 11.8 Å². The zero-order valence-electron chi connectivity index (χ0n) is 26.4. The highest BCUT2D eigenvalue weighted by molar-refractivity contribution is 8.00.